The molecule has 1 aromatic heterocycles. The topological polar surface area (TPSA) is 57.7 Å². The van der Waals surface area contributed by atoms with E-state index in [-0.39, 0.29) is 12.7 Å². The molecule has 5 nitrogen and oxygen atoms in total. The summed E-state index contributed by atoms with van der Waals surface area (Å²) in [6.07, 6.45) is -0.360. The molecule has 0 unspecified atom stereocenters. The normalized spacial score (nSPS) is 14.9. The quantitative estimate of drug-likeness (QED) is 0.432. The molecule has 0 spiro atoms. The molecule has 0 saturated carbocycles. The molecule has 0 bridgehead atoms. The van der Waals surface area contributed by atoms with Gasteiger partial charge in [-0.05, 0) is 30.7 Å². The molecule has 1 aliphatic rings. The van der Waals surface area contributed by atoms with Gasteiger partial charge in [0.2, 0.25) is 0 Å². The molecule has 5 heteroatoms. The highest BCUT2D eigenvalue weighted by molar-refractivity contribution is 6.06. The molecule has 0 amide bonds. The maximum Gasteiger partial charge on any atom is 0.339 e. The first-order chi connectivity index (χ1) is 15.2. The van der Waals surface area contributed by atoms with Gasteiger partial charge >= 0.3 is 5.97 Å². The van der Waals surface area contributed by atoms with Gasteiger partial charge in [0.15, 0.2) is 17.6 Å². The Kier molecular flexibility index (Phi) is 5.00. The van der Waals surface area contributed by atoms with Crippen LogP contribution in [0.2, 0.25) is 0 Å². The van der Waals surface area contributed by atoms with Crippen LogP contribution in [0.25, 0.3) is 22.2 Å². The molecule has 0 radical (unpaired) electrons. The molecular weight excluding hydrogens is 390 g/mol. The minimum atomic E-state index is -0.393. The van der Waals surface area contributed by atoms with Crippen molar-refractivity contribution in [3.05, 3.63) is 90.0 Å². The Morgan fingerprint density at radius 3 is 2.52 bits per heavy atom. The van der Waals surface area contributed by atoms with Crippen LogP contribution in [-0.4, -0.2) is 30.3 Å². The smallest absolute Gasteiger partial charge is 0.339 e. The summed E-state index contributed by atoms with van der Waals surface area (Å²) in [4.78, 5) is 18.0. The average molecular weight is 411 g/mol. The first-order valence-corrected chi connectivity index (χ1v) is 10.2. The number of benzene rings is 3. The molecular formula is C26H21NO4. The summed E-state index contributed by atoms with van der Waals surface area (Å²) < 4.78 is 17.3. The highest BCUT2D eigenvalue weighted by atomic mass is 16.6. The molecule has 154 valence electrons. The summed E-state index contributed by atoms with van der Waals surface area (Å²) in [5.74, 6) is 0.969. The number of ether oxygens (including phenoxy) is 3. The number of hydrogen-bond donors (Lipinski definition) is 0. The van der Waals surface area contributed by atoms with Gasteiger partial charge < -0.3 is 14.2 Å². The minimum absolute atomic E-state index is 0.101. The van der Waals surface area contributed by atoms with Crippen LogP contribution in [0.5, 0.6) is 11.5 Å². The highest BCUT2D eigenvalue weighted by Gasteiger charge is 2.25. The number of carbonyl (C=O) groups excluding carboxylic acids is 1. The van der Waals surface area contributed by atoms with Gasteiger partial charge in [0, 0.05) is 10.9 Å². The van der Waals surface area contributed by atoms with Crippen LogP contribution >= 0.6 is 0 Å². The van der Waals surface area contributed by atoms with Gasteiger partial charge in [0.1, 0.15) is 13.2 Å². The number of fused-ring (bicyclic) bond motifs is 2. The van der Waals surface area contributed by atoms with Gasteiger partial charge in [-0.1, -0.05) is 60.7 Å². The lowest BCUT2D eigenvalue weighted by molar-refractivity contribution is 0.0111. The van der Waals surface area contributed by atoms with Crippen molar-refractivity contribution < 1.29 is 19.0 Å². The number of hydrogen-bond acceptors (Lipinski definition) is 5. The van der Waals surface area contributed by atoms with Crippen LogP contribution in [0.1, 0.15) is 15.9 Å². The second-order valence-electron chi connectivity index (χ2n) is 7.44. The molecule has 1 atom stereocenters. The number of pyridine rings is 1. The first kappa shape index (κ1) is 19.1. The second-order valence-corrected chi connectivity index (χ2v) is 7.44. The Balaban J connectivity index is 1.44. The van der Waals surface area contributed by atoms with Crippen molar-refractivity contribution in [2.45, 2.75) is 13.0 Å². The lowest BCUT2D eigenvalue weighted by Crippen LogP contribution is -2.34. The number of para-hydroxylation sites is 3. The van der Waals surface area contributed by atoms with Crippen molar-refractivity contribution >= 4 is 16.9 Å². The number of aromatic nitrogens is 1. The van der Waals surface area contributed by atoms with Crippen LogP contribution in [0.15, 0.2) is 78.9 Å². The van der Waals surface area contributed by atoms with Crippen molar-refractivity contribution in [2.24, 2.45) is 0 Å². The number of carbonyl (C=O) groups is 1. The molecule has 31 heavy (non-hydrogen) atoms. The monoisotopic (exact) mass is 411 g/mol. The fourth-order valence-electron chi connectivity index (χ4n) is 3.83. The van der Waals surface area contributed by atoms with Gasteiger partial charge in [0.25, 0.3) is 0 Å². The summed E-state index contributed by atoms with van der Waals surface area (Å²) in [7, 11) is 0. The largest absolute Gasteiger partial charge is 0.486 e. The Hall–Kier alpha value is -3.86. The predicted molar refractivity (Wildman–Crippen MR) is 119 cm³/mol. The zero-order valence-electron chi connectivity index (χ0n) is 17.1. The van der Waals surface area contributed by atoms with E-state index in [1.807, 2.05) is 85.8 Å². The van der Waals surface area contributed by atoms with Gasteiger partial charge in [-0.15, -0.1) is 0 Å². The molecule has 3 aromatic carbocycles. The van der Waals surface area contributed by atoms with Crippen molar-refractivity contribution in [1.82, 2.24) is 4.98 Å². The third kappa shape index (κ3) is 3.70. The number of nitrogens with zero attached hydrogens (tertiary/aromatic N) is 1. The summed E-state index contributed by atoms with van der Waals surface area (Å²) in [6.45, 7) is 2.34. The van der Waals surface area contributed by atoms with E-state index in [0.717, 1.165) is 27.7 Å². The van der Waals surface area contributed by atoms with Crippen LogP contribution in [0.4, 0.5) is 0 Å². The van der Waals surface area contributed by atoms with E-state index in [0.29, 0.717) is 23.7 Å². The summed E-state index contributed by atoms with van der Waals surface area (Å²) in [5, 5.41) is 0.774. The average Bonchev–Trinajstić information content (AvgIpc) is 2.82. The Morgan fingerprint density at radius 1 is 0.968 bits per heavy atom. The summed E-state index contributed by atoms with van der Waals surface area (Å²) in [5.41, 5.74) is 3.81. The van der Waals surface area contributed by atoms with E-state index in [1.165, 1.54) is 0 Å². The predicted octanol–water partition coefficient (Wildman–Crippen LogP) is 5.21. The van der Waals surface area contributed by atoms with Crippen molar-refractivity contribution in [1.29, 1.82) is 0 Å². The van der Waals surface area contributed by atoms with Crippen LogP contribution < -0.4 is 9.47 Å². The first-order valence-electron chi connectivity index (χ1n) is 10.2. The molecule has 0 aliphatic carbocycles. The van der Waals surface area contributed by atoms with E-state index in [2.05, 4.69) is 0 Å². The molecule has 2 heterocycles. The molecule has 0 fully saturated rings. The van der Waals surface area contributed by atoms with Crippen molar-refractivity contribution in [3.63, 3.8) is 0 Å². The fraction of sp³-hybridized carbons (Fsp3) is 0.154. The van der Waals surface area contributed by atoms with Crippen LogP contribution in [0, 0.1) is 6.92 Å². The Labute approximate surface area is 180 Å². The van der Waals surface area contributed by atoms with E-state index in [1.54, 1.807) is 0 Å². The van der Waals surface area contributed by atoms with Gasteiger partial charge in [-0.25, -0.2) is 9.78 Å². The number of esters is 1. The summed E-state index contributed by atoms with van der Waals surface area (Å²) in [6, 6.07) is 25.0. The van der Waals surface area contributed by atoms with Crippen LogP contribution in [-0.2, 0) is 4.74 Å². The van der Waals surface area contributed by atoms with Gasteiger partial charge in [0.05, 0.1) is 16.8 Å². The number of rotatable bonds is 4. The fourth-order valence-corrected chi connectivity index (χ4v) is 3.83. The lowest BCUT2D eigenvalue weighted by Gasteiger charge is -2.26. The molecule has 4 aromatic rings. The summed E-state index contributed by atoms with van der Waals surface area (Å²) >= 11 is 0. The Morgan fingerprint density at radius 2 is 1.68 bits per heavy atom. The molecule has 0 saturated heterocycles. The zero-order chi connectivity index (χ0) is 21.2. The third-order valence-corrected chi connectivity index (χ3v) is 5.36. The van der Waals surface area contributed by atoms with Crippen LogP contribution in [0.3, 0.4) is 0 Å². The highest BCUT2D eigenvalue weighted by Crippen LogP contribution is 2.32. The third-order valence-electron chi connectivity index (χ3n) is 5.36. The lowest BCUT2D eigenvalue weighted by atomic mass is 9.98. The SMILES string of the molecule is Cc1c(-c2ccccc2)nc2ccccc2c1C(=O)OC[C@@H]1COc2ccccc2O1. The van der Waals surface area contributed by atoms with E-state index in [4.69, 9.17) is 19.2 Å². The molecule has 1 aliphatic heterocycles. The zero-order valence-corrected chi connectivity index (χ0v) is 17.1. The maximum absolute atomic E-state index is 13.2. The van der Waals surface area contributed by atoms with Gasteiger partial charge in [-0.3, -0.25) is 0 Å². The van der Waals surface area contributed by atoms with Gasteiger partial charge in [-0.2, -0.15) is 0 Å². The standard InChI is InChI=1S/C26H21NO4/c1-17-24(26(28)30-16-19-15-29-22-13-7-8-14-23(22)31-19)20-11-5-6-12-21(20)27-25(17)18-9-3-2-4-10-18/h2-14,19H,15-16H2,1H3/t19-/m0/s1. The Bertz CT molecular complexity index is 1250. The van der Waals surface area contributed by atoms with Crippen molar-refractivity contribution in [2.75, 3.05) is 13.2 Å². The minimum Gasteiger partial charge on any atom is -0.486 e. The molecule has 5 rings (SSSR count). The van der Waals surface area contributed by atoms with E-state index >= 15 is 0 Å². The maximum atomic E-state index is 13.2. The van der Waals surface area contributed by atoms with Crippen molar-refractivity contribution in [3.8, 4) is 22.8 Å². The second kappa shape index (κ2) is 8.11. The van der Waals surface area contributed by atoms with E-state index in [9.17, 15) is 4.79 Å². The molecule has 0 N–H and O–H groups in total. The van der Waals surface area contributed by atoms with E-state index < -0.39 is 5.97 Å².